The number of nitrogens with two attached hydrogens (primary N) is 1. The lowest BCUT2D eigenvalue weighted by Crippen LogP contribution is -2.46. The third kappa shape index (κ3) is 5.75. The van der Waals surface area contributed by atoms with Crippen LogP contribution in [0.5, 0.6) is 0 Å². The maximum atomic E-state index is 15.6. The molecule has 1 fully saturated rings. The maximum absolute atomic E-state index is 15.6. The summed E-state index contributed by atoms with van der Waals surface area (Å²) >= 11 is 0. The Balaban J connectivity index is 1.92. The minimum Gasteiger partial charge on any atom is -0.387 e. The predicted molar refractivity (Wildman–Crippen MR) is 109 cm³/mol. The molecule has 1 aliphatic heterocycles. The normalized spacial score (nSPS) is 29.2. The van der Waals surface area contributed by atoms with Crippen molar-refractivity contribution in [3.63, 3.8) is 0 Å². The van der Waals surface area contributed by atoms with E-state index in [4.69, 9.17) is 20.3 Å². The number of H-pyrrole nitrogens is 1. The monoisotopic (exact) mass is 588 g/mol. The first-order chi connectivity index (χ1) is 16.3. The number of anilines is 1. The Labute approximate surface area is 197 Å². The molecular formula is C13H18F3N4O13P3. The van der Waals surface area contributed by atoms with Crippen LogP contribution in [0.2, 0.25) is 0 Å². The molecule has 0 spiro atoms. The van der Waals surface area contributed by atoms with Crippen LogP contribution in [0.15, 0.2) is 11.0 Å². The molecule has 2 aromatic heterocycles. The number of hydrogen-bond acceptors (Lipinski definition) is 11. The molecule has 0 aliphatic carbocycles. The van der Waals surface area contributed by atoms with Gasteiger partial charge in [-0.15, -0.1) is 0 Å². The van der Waals surface area contributed by atoms with Crippen molar-refractivity contribution in [1.82, 2.24) is 14.5 Å². The zero-order valence-electron chi connectivity index (χ0n) is 17.5. The van der Waals surface area contributed by atoms with Crippen molar-refractivity contribution in [3.8, 4) is 0 Å². The lowest BCUT2D eigenvalue weighted by atomic mass is 9.95. The SMILES string of the molecule is C[C@H](OP(=O)(O)OP(=O)(O)OP(=O)(O)O)[C@H]1O[C@@H](n2cc(F)c3c(=O)[nH]c(N)nc32)C(F)(CF)[C@H]1O. The second-order valence-corrected chi connectivity index (χ2v) is 11.8. The van der Waals surface area contributed by atoms with E-state index in [1.165, 1.54) is 0 Å². The standard InChI is InChI=1S/C13H18F3N4O13P3/c1-4(31-35(26,27)33-36(28,29)32-34(23,24)25)7-8(21)13(16,3-14)11(30-7)20-2-5(15)6-9(20)18-12(17)19-10(6)22/h2,4,7-8,11,21H,3H2,1H3,(H,26,27)(H,28,29)(H2,23,24,25)(H3,17,18,19,22)/t4-,7+,8-,11+,13?/m0/s1. The number of fused-ring (bicyclic) bond motifs is 1. The largest absolute Gasteiger partial charge is 0.490 e. The van der Waals surface area contributed by atoms with Crippen molar-refractivity contribution in [2.75, 3.05) is 12.4 Å². The van der Waals surface area contributed by atoms with E-state index in [1.54, 1.807) is 0 Å². The number of alkyl halides is 2. The summed E-state index contributed by atoms with van der Waals surface area (Å²) in [5.41, 5.74) is 0.331. The first-order valence-electron chi connectivity index (χ1n) is 9.26. The number of aromatic nitrogens is 3. The van der Waals surface area contributed by atoms with E-state index in [1.807, 2.05) is 4.98 Å². The van der Waals surface area contributed by atoms with Crippen LogP contribution in [0, 0.1) is 5.82 Å². The van der Waals surface area contributed by atoms with E-state index in [9.17, 15) is 42.2 Å². The van der Waals surface area contributed by atoms with Crippen LogP contribution >= 0.6 is 23.5 Å². The summed E-state index contributed by atoms with van der Waals surface area (Å²) in [5.74, 6) is -1.78. The van der Waals surface area contributed by atoms with Gasteiger partial charge in [0.15, 0.2) is 17.7 Å². The molecule has 0 amide bonds. The number of aromatic amines is 1. The summed E-state index contributed by atoms with van der Waals surface area (Å²) in [6.07, 6.45) is -8.28. The predicted octanol–water partition coefficient (Wildman–Crippen LogP) is 0.114. The number of phosphoric ester groups is 1. The van der Waals surface area contributed by atoms with Crippen LogP contribution in [0.1, 0.15) is 13.2 Å². The quantitative estimate of drug-likeness (QED) is 0.192. The highest BCUT2D eigenvalue weighted by Crippen LogP contribution is 2.66. The fourth-order valence-electron chi connectivity index (χ4n) is 3.44. The molecule has 0 aromatic carbocycles. The third-order valence-corrected chi connectivity index (χ3v) is 8.72. The molecule has 2 aromatic rings. The number of nitrogen functional groups attached to an aromatic ring is 1. The molecule has 0 saturated carbocycles. The summed E-state index contributed by atoms with van der Waals surface area (Å²) in [5, 5.41) is 9.68. The number of nitrogens with zero attached hydrogens (tertiary/aromatic N) is 2. The zero-order chi connectivity index (χ0) is 27.4. The van der Waals surface area contributed by atoms with Gasteiger partial charge in [-0.25, -0.2) is 26.9 Å². The average Bonchev–Trinajstić information content (AvgIpc) is 3.13. The second-order valence-electron chi connectivity index (χ2n) is 7.39. The first-order valence-corrected chi connectivity index (χ1v) is 13.8. The Morgan fingerprint density at radius 1 is 1.28 bits per heavy atom. The minimum absolute atomic E-state index is 0.503. The summed E-state index contributed by atoms with van der Waals surface area (Å²) in [6.45, 7) is -1.14. The van der Waals surface area contributed by atoms with Crippen LogP contribution in [0.25, 0.3) is 11.0 Å². The number of ether oxygens (including phenoxy) is 1. The molecule has 8 N–H and O–H groups in total. The van der Waals surface area contributed by atoms with E-state index < -0.39 is 88.7 Å². The average molecular weight is 588 g/mol. The second kappa shape index (κ2) is 9.58. The van der Waals surface area contributed by atoms with Gasteiger partial charge < -0.3 is 35.2 Å². The Morgan fingerprint density at radius 2 is 1.89 bits per heavy atom. The summed E-state index contributed by atoms with van der Waals surface area (Å²) in [4.78, 5) is 53.6. The highest BCUT2D eigenvalue weighted by atomic mass is 31.3. The maximum Gasteiger partial charge on any atom is 0.490 e. The third-order valence-electron chi connectivity index (χ3n) is 4.79. The fraction of sp³-hybridized carbons (Fsp3) is 0.538. The Bertz CT molecular complexity index is 1370. The van der Waals surface area contributed by atoms with Gasteiger partial charge in [0, 0.05) is 6.20 Å². The smallest absolute Gasteiger partial charge is 0.387 e. The number of phosphoric acid groups is 3. The van der Waals surface area contributed by atoms with Crippen LogP contribution in [0.4, 0.5) is 19.1 Å². The van der Waals surface area contributed by atoms with Crippen molar-refractivity contribution in [2.45, 2.75) is 37.1 Å². The van der Waals surface area contributed by atoms with Crippen LogP contribution in [-0.2, 0) is 31.6 Å². The lowest BCUT2D eigenvalue weighted by Gasteiger charge is -2.27. The molecule has 36 heavy (non-hydrogen) atoms. The number of halogens is 3. The molecule has 0 bridgehead atoms. The van der Waals surface area contributed by atoms with Gasteiger partial charge in [-0.1, -0.05) is 0 Å². The van der Waals surface area contributed by atoms with E-state index in [-0.39, 0.29) is 0 Å². The van der Waals surface area contributed by atoms with Crippen molar-refractivity contribution in [2.24, 2.45) is 0 Å². The molecule has 1 aliphatic rings. The number of nitrogens with one attached hydrogen (secondary N) is 1. The molecular weight excluding hydrogens is 570 g/mol. The number of hydrogen-bond donors (Lipinski definition) is 7. The molecule has 1 saturated heterocycles. The van der Waals surface area contributed by atoms with Crippen molar-refractivity contribution >= 4 is 40.4 Å². The zero-order valence-corrected chi connectivity index (χ0v) is 20.2. The molecule has 3 rings (SSSR count). The lowest BCUT2D eigenvalue weighted by molar-refractivity contribution is -0.0818. The molecule has 0 radical (unpaired) electrons. The molecule has 23 heteroatoms. The van der Waals surface area contributed by atoms with Crippen molar-refractivity contribution in [3.05, 3.63) is 22.4 Å². The molecule has 7 atom stereocenters. The molecule has 3 heterocycles. The van der Waals surface area contributed by atoms with Gasteiger partial charge in [0.05, 0.1) is 6.10 Å². The van der Waals surface area contributed by atoms with Gasteiger partial charge in [0.2, 0.25) is 11.6 Å². The Morgan fingerprint density at radius 3 is 2.44 bits per heavy atom. The van der Waals surface area contributed by atoms with Gasteiger partial charge in [-0.3, -0.25) is 18.9 Å². The van der Waals surface area contributed by atoms with Crippen LogP contribution < -0.4 is 11.3 Å². The molecule has 3 unspecified atom stereocenters. The number of aliphatic hydroxyl groups is 1. The fourth-order valence-corrected chi connectivity index (χ4v) is 6.64. The van der Waals surface area contributed by atoms with E-state index >= 15 is 4.39 Å². The summed E-state index contributed by atoms with van der Waals surface area (Å²) < 4.78 is 95.3. The number of aliphatic hydroxyl groups excluding tert-OH is 1. The van der Waals surface area contributed by atoms with Gasteiger partial charge in [-0.05, 0) is 6.92 Å². The molecule has 17 nitrogen and oxygen atoms in total. The Hall–Kier alpha value is -1.66. The van der Waals surface area contributed by atoms with E-state index in [2.05, 4.69) is 18.1 Å². The van der Waals surface area contributed by atoms with E-state index in [0.29, 0.717) is 10.8 Å². The van der Waals surface area contributed by atoms with Crippen LogP contribution in [0.3, 0.4) is 0 Å². The molecule has 204 valence electrons. The Kier molecular flexibility index (Phi) is 7.69. The topological polar surface area (TPSA) is 266 Å². The van der Waals surface area contributed by atoms with Crippen LogP contribution in [-0.4, -0.2) is 69.9 Å². The number of rotatable bonds is 9. The highest BCUT2D eigenvalue weighted by Gasteiger charge is 2.61. The summed E-state index contributed by atoms with van der Waals surface area (Å²) in [6, 6.07) is 0. The van der Waals surface area contributed by atoms with Crippen molar-refractivity contribution < 1.29 is 69.4 Å². The first kappa shape index (κ1) is 28.9. The van der Waals surface area contributed by atoms with Gasteiger partial charge in [-0.2, -0.15) is 13.6 Å². The summed E-state index contributed by atoms with van der Waals surface area (Å²) in [7, 11) is -17.3. The minimum atomic E-state index is -5.90. The van der Waals surface area contributed by atoms with Gasteiger partial charge >= 0.3 is 23.5 Å². The van der Waals surface area contributed by atoms with Crippen molar-refractivity contribution in [1.29, 1.82) is 0 Å². The van der Waals surface area contributed by atoms with Gasteiger partial charge in [0.1, 0.15) is 24.3 Å². The van der Waals surface area contributed by atoms with Gasteiger partial charge in [0.25, 0.3) is 5.56 Å². The highest BCUT2D eigenvalue weighted by molar-refractivity contribution is 7.66. The van der Waals surface area contributed by atoms with E-state index in [0.717, 1.165) is 6.92 Å².